The van der Waals surface area contributed by atoms with Gasteiger partial charge in [0.25, 0.3) is 0 Å². The van der Waals surface area contributed by atoms with Crippen LogP contribution >= 0.6 is 0 Å². The Kier molecular flexibility index (Phi) is 57.0. The molecule has 8 unspecified atom stereocenters. The molecule has 0 bridgehead atoms. The number of esters is 1. The first-order valence-electron chi connectivity index (χ1n) is 35.0. The summed E-state index contributed by atoms with van der Waals surface area (Å²) in [4.78, 5) is 26.6. The van der Waals surface area contributed by atoms with Crippen LogP contribution in [0.25, 0.3) is 0 Å². The average Bonchev–Trinajstić information content (AvgIpc) is 2.90. The summed E-state index contributed by atoms with van der Waals surface area (Å²) in [6.07, 6.45) is 71.6. The second-order valence-electron chi connectivity index (χ2n) is 23.9. The van der Waals surface area contributed by atoms with E-state index in [-0.39, 0.29) is 19.4 Å². The Morgan fingerprint density at radius 1 is 0.471 bits per heavy atom. The van der Waals surface area contributed by atoms with Crippen molar-refractivity contribution in [3.8, 4) is 0 Å². The van der Waals surface area contributed by atoms with Crippen molar-refractivity contribution in [3.63, 3.8) is 0 Å². The minimum Gasteiger partial charge on any atom is -0.454 e. The zero-order chi connectivity index (χ0) is 61.7. The minimum absolute atomic E-state index is 0.0898. The molecule has 0 aliphatic carbocycles. The van der Waals surface area contributed by atoms with Gasteiger partial charge in [0.2, 0.25) is 5.91 Å². The Morgan fingerprint density at radius 3 is 1.28 bits per heavy atom. The van der Waals surface area contributed by atoms with Crippen LogP contribution < -0.4 is 5.32 Å². The monoisotopic (exact) mass is 1190 g/mol. The van der Waals surface area contributed by atoms with Crippen LogP contribution in [0.15, 0.2) is 97.2 Å². The van der Waals surface area contributed by atoms with E-state index in [4.69, 9.17) is 14.2 Å². The molecule has 11 heteroatoms. The Bertz CT molecular complexity index is 1750. The molecule has 0 spiro atoms. The van der Waals surface area contributed by atoms with E-state index >= 15 is 0 Å². The van der Waals surface area contributed by atoms with Gasteiger partial charge in [-0.2, -0.15) is 0 Å². The van der Waals surface area contributed by atoms with Gasteiger partial charge in [-0.15, -0.1) is 0 Å². The van der Waals surface area contributed by atoms with Crippen molar-refractivity contribution in [3.05, 3.63) is 97.2 Å². The van der Waals surface area contributed by atoms with E-state index in [0.717, 1.165) is 103 Å². The summed E-state index contributed by atoms with van der Waals surface area (Å²) in [5.74, 6) is -1.22. The number of hydrogen-bond donors (Lipinski definition) is 6. The minimum atomic E-state index is -1.63. The van der Waals surface area contributed by atoms with Crippen LogP contribution in [0.3, 0.4) is 0 Å². The van der Waals surface area contributed by atoms with Crippen LogP contribution in [0.4, 0.5) is 0 Å². The number of allylic oxidation sites excluding steroid dienone is 15. The zero-order valence-electron chi connectivity index (χ0n) is 54.5. The van der Waals surface area contributed by atoms with E-state index in [1.165, 1.54) is 148 Å². The van der Waals surface area contributed by atoms with Crippen molar-refractivity contribution in [1.82, 2.24) is 5.32 Å². The summed E-state index contributed by atoms with van der Waals surface area (Å²) >= 11 is 0. The van der Waals surface area contributed by atoms with Crippen molar-refractivity contribution >= 4 is 11.9 Å². The molecule has 8 atom stereocenters. The smallest absolute Gasteiger partial charge is 0.306 e. The van der Waals surface area contributed by atoms with Crippen LogP contribution in [-0.2, 0) is 23.8 Å². The molecule has 1 fully saturated rings. The lowest BCUT2D eigenvalue weighted by Gasteiger charge is -2.41. The lowest BCUT2D eigenvalue weighted by Crippen LogP contribution is -2.61. The molecule has 1 rings (SSSR count). The van der Waals surface area contributed by atoms with Crippen LogP contribution in [0.2, 0.25) is 0 Å². The highest BCUT2D eigenvalue weighted by Gasteiger charge is 2.47. The van der Waals surface area contributed by atoms with Gasteiger partial charge in [-0.25, -0.2) is 0 Å². The third-order valence-electron chi connectivity index (χ3n) is 16.0. The number of ether oxygens (including phenoxy) is 3. The fourth-order valence-corrected chi connectivity index (χ4v) is 10.5. The summed E-state index contributed by atoms with van der Waals surface area (Å²) in [6.45, 7) is 5.67. The molecule has 1 heterocycles. The third kappa shape index (κ3) is 48.2. The molecule has 490 valence electrons. The molecule has 1 amide bonds. The number of aliphatic hydroxyl groups excluding tert-OH is 5. The Balaban J connectivity index is 2.60. The van der Waals surface area contributed by atoms with Gasteiger partial charge < -0.3 is 45.1 Å². The molecular weight excluding hydrogens is 1060 g/mol. The van der Waals surface area contributed by atoms with Crippen LogP contribution in [0.5, 0.6) is 0 Å². The van der Waals surface area contributed by atoms with Gasteiger partial charge in [-0.05, 0) is 103 Å². The topological polar surface area (TPSA) is 175 Å². The largest absolute Gasteiger partial charge is 0.454 e. The van der Waals surface area contributed by atoms with Gasteiger partial charge in [0, 0.05) is 6.42 Å². The van der Waals surface area contributed by atoms with Crippen molar-refractivity contribution < 1.29 is 49.3 Å². The van der Waals surface area contributed by atoms with Gasteiger partial charge in [0.15, 0.2) is 12.4 Å². The molecule has 0 aromatic heterocycles. The molecule has 11 nitrogen and oxygen atoms in total. The highest BCUT2D eigenvalue weighted by Crippen LogP contribution is 2.26. The Labute approximate surface area is 520 Å². The van der Waals surface area contributed by atoms with E-state index in [1.54, 1.807) is 6.08 Å². The Morgan fingerprint density at radius 2 is 0.847 bits per heavy atom. The zero-order valence-corrected chi connectivity index (χ0v) is 54.5. The first kappa shape index (κ1) is 79.6. The number of amides is 1. The number of hydrogen-bond acceptors (Lipinski definition) is 10. The van der Waals surface area contributed by atoms with Crippen molar-refractivity contribution in [1.29, 1.82) is 0 Å². The lowest BCUT2D eigenvalue weighted by atomic mass is 9.99. The maximum atomic E-state index is 13.5. The molecule has 1 aliphatic rings. The highest BCUT2D eigenvalue weighted by atomic mass is 16.7. The molecule has 85 heavy (non-hydrogen) atoms. The first-order valence-corrected chi connectivity index (χ1v) is 35.0. The molecule has 1 aliphatic heterocycles. The number of carbonyl (C=O) groups excluding carboxylic acids is 2. The van der Waals surface area contributed by atoms with E-state index in [2.05, 4.69) is 111 Å². The fraction of sp³-hybridized carbons (Fsp3) is 0.757. The van der Waals surface area contributed by atoms with E-state index < -0.39 is 67.4 Å². The second-order valence-corrected chi connectivity index (χ2v) is 23.9. The molecule has 0 radical (unpaired) electrons. The predicted molar refractivity (Wildman–Crippen MR) is 356 cm³/mol. The highest BCUT2D eigenvalue weighted by molar-refractivity contribution is 5.80. The maximum absolute atomic E-state index is 13.5. The number of unbranched alkanes of at least 4 members (excludes halogenated alkanes) is 31. The SMILES string of the molecule is CC/C=C\C/C=C\C/C=C\C/C=C\C/C=C\C/C=C\CCCCCCC(=O)OC1C(OCC(NC(=O)C(O)CCCCCCCCCCCCCC/C=C/CCCCCCCC)C(O)/C=C/CCCCCCCCCCC)OC(CO)C(O)C1O. The van der Waals surface area contributed by atoms with Gasteiger partial charge in [0.05, 0.1) is 25.4 Å². The third-order valence-corrected chi connectivity index (χ3v) is 16.0. The standard InChI is InChI=1S/C74H129NO10/c1-4-7-10-13-16-19-22-24-26-28-30-32-34-36-38-40-42-44-47-50-53-56-59-62-69(79)85-72-71(81)70(80)68(63-76)84-74(72)83-64-65(66(77)60-57-54-51-48-45-21-18-15-12-9-6-3)75-73(82)67(78)61-58-55-52-49-46-43-41-39-37-35-33-31-29-27-25-23-20-17-14-11-8-5-2/h7,10,16,19,24-27,30,32,36,38,42,44,57,60,65-68,70-72,74,76-78,80-81H,4-6,8-9,11-15,17-18,20-23,28-29,31,33-35,37,39-41,43,45-56,58-59,61-64H2,1-3H3,(H,75,82)/b10-7-,19-16-,26-24-,27-25+,32-30-,38-36-,44-42-,60-57+. The van der Waals surface area contributed by atoms with Crippen LogP contribution in [0, 0.1) is 0 Å². The van der Waals surface area contributed by atoms with Crippen molar-refractivity contribution in [2.75, 3.05) is 13.2 Å². The number of aliphatic hydroxyl groups is 5. The molecule has 1 saturated heterocycles. The average molecular weight is 1190 g/mol. The molecule has 0 aromatic rings. The first-order chi connectivity index (χ1) is 41.7. The summed E-state index contributed by atoms with van der Waals surface area (Å²) < 4.78 is 17.7. The fourth-order valence-electron chi connectivity index (χ4n) is 10.5. The molecule has 6 N–H and O–H groups in total. The van der Waals surface area contributed by atoms with E-state index in [0.29, 0.717) is 12.8 Å². The normalized spacial score (nSPS) is 19.0. The maximum Gasteiger partial charge on any atom is 0.306 e. The quantitative estimate of drug-likeness (QED) is 0.0195. The second kappa shape index (κ2) is 60.8. The molecule has 0 aromatic carbocycles. The molecule has 0 saturated carbocycles. The number of rotatable bonds is 59. The van der Waals surface area contributed by atoms with Crippen LogP contribution in [0.1, 0.15) is 297 Å². The summed E-state index contributed by atoms with van der Waals surface area (Å²) in [7, 11) is 0. The van der Waals surface area contributed by atoms with Crippen LogP contribution in [-0.4, -0.2) is 99.6 Å². The van der Waals surface area contributed by atoms with E-state index in [1.807, 2.05) is 6.08 Å². The number of carbonyl (C=O) groups is 2. The van der Waals surface area contributed by atoms with Gasteiger partial charge in [0.1, 0.15) is 24.4 Å². The van der Waals surface area contributed by atoms with Crippen molar-refractivity contribution in [2.45, 2.75) is 346 Å². The van der Waals surface area contributed by atoms with Gasteiger partial charge in [-0.3, -0.25) is 9.59 Å². The Hall–Kier alpha value is -3.42. The van der Waals surface area contributed by atoms with Gasteiger partial charge >= 0.3 is 5.97 Å². The van der Waals surface area contributed by atoms with Gasteiger partial charge in [-0.1, -0.05) is 285 Å². The summed E-state index contributed by atoms with van der Waals surface area (Å²) in [6, 6.07) is -1.03. The summed E-state index contributed by atoms with van der Waals surface area (Å²) in [5.41, 5.74) is 0. The predicted octanol–water partition coefficient (Wildman–Crippen LogP) is 17.8. The lowest BCUT2D eigenvalue weighted by molar-refractivity contribution is -0.305. The summed E-state index contributed by atoms with van der Waals surface area (Å²) in [5, 5.41) is 57.2. The van der Waals surface area contributed by atoms with E-state index in [9.17, 15) is 35.1 Å². The number of nitrogens with one attached hydrogen (secondary N) is 1. The molecular formula is C74H129NO10. The van der Waals surface area contributed by atoms with Crippen molar-refractivity contribution in [2.24, 2.45) is 0 Å².